The molecule has 2 N–H and O–H groups in total. The fourth-order valence-corrected chi connectivity index (χ4v) is 2.65. The third-order valence-electron chi connectivity index (χ3n) is 4.02. The van der Waals surface area contributed by atoms with Crippen molar-refractivity contribution in [2.45, 2.75) is 19.3 Å². The molecule has 1 saturated heterocycles. The fraction of sp³-hybridized carbons (Fsp3) is 0.500. The molecular weight excluding hydrogens is 268 g/mol. The molecule has 1 amide bonds. The number of carbonyl (C=O) groups is 2. The molecule has 0 bridgehead atoms. The predicted molar refractivity (Wildman–Crippen MR) is 80.3 cm³/mol. The summed E-state index contributed by atoms with van der Waals surface area (Å²) >= 11 is 0. The Balaban J connectivity index is 1.87. The standard InChI is InChI=1S/C16H22N2O3/c1-18(15(19)10-12-6-8-17-11-12)9-7-13-4-2-3-5-14(13)16(20)21/h2-5,12,17H,6-11H2,1H3,(H,20,21). The van der Waals surface area contributed by atoms with E-state index in [1.54, 1.807) is 24.1 Å². The summed E-state index contributed by atoms with van der Waals surface area (Å²) in [5, 5.41) is 12.4. The zero-order chi connectivity index (χ0) is 15.2. The van der Waals surface area contributed by atoms with Gasteiger partial charge in [0.25, 0.3) is 0 Å². The van der Waals surface area contributed by atoms with Gasteiger partial charge in [0, 0.05) is 20.0 Å². The molecule has 0 aliphatic carbocycles. The monoisotopic (exact) mass is 290 g/mol. The number of nitrogens with zero attached hydrogens (tertiary/aromatic N) is 1. The molecule has 0 saturated carbocycles. The predicted octanol–water partition coefficient (Wildman–Crippen LogP) is 1.39. The number of likely N-dealkylation sites (N-methyl/N-ethyl adjacent to an activating group) is 1. The molecule has 0 spiro atoms. The third kappa shape index (κ3) is 4.29. The molecule has 1 fully saturated rings. The van der Waals surface area contributed by atoms with Crippen LogP contribution in [-0.4, -0.2) is 48.6 Å². The summed E-state index contributed by atoms with van der Waals surface area (Å²) in [6.07, 6.45) is 2.19. The lowest BCUT2D eigenvalue weighted by molar-refractivity contribution is -0.130. The van der Waals surface area contributed by atoms with Crippen LogP contribution in [-0.2, 0) is 11.2 Å². The van der Waals surface area contributed by atoms with Crippen LogP contribution in [0.5, 0.6) is 0 Å². The first-order valence-corrected chi connectivity index (χ1v) is 7.34. The van der Waals surface area contributed by atoms with Crippen molar-refractivity contribution in [3.05, 3.63) is 35.4 Å². The molecule has 1 aliphatic rings. The van der Waals surface area contributed by atoms with Crippen molar-refractivity contribution < 1.29 is 14.7 Å². The molecule has 5 nitrogen and oxygen atoms in total. The third-order valence-corrected chi connectivity index (χ3v) is 4.02. The second kappa shape index (κ2) is 7.22. The van der Waals surface area contributed by atoms with Crippen LogP contribution < -0.4 is 5.32 Å². The minimum atomic E-state index is -0.920. The summed E-state index contributed by atoms with van der Waals surface area (Å²) in [6.45, 7) is 2.46. The van der Waals surface area contributed by atoms with E-state index in [0.717, 1.165) is 25.1 Å². The second-order valence-corrected chi connectivity index (χ2v) is 5.59. The highest BCUT2D eigenvalue weighted by Gasteiger charge is 2.20. The van der Waals surface area contributed by atoms with E-state index in [0.29, 0.717) is 30.9 Å². The molecule has 1 heterocycles. The lowest BCUT2D eigenvalue weighted by Crippen LogP contribution is -2.31. The van der Waals surface area contributed by atoms with Crippen LogP contribution in [0.4, 0.5) is 0 Å². The highest BCUT2D eigenvalue weighted by molar-refractivity contribution is 5.89. The van der Waals surface area contributed by atoms with Gasteiger partial charge in [-0.25, -0.2) is 4.79 Å². The molecule has 2 rings (SSSR count). The Labute approximate surface area is 125 Å². The van der Waals surface area contributed by atoms with Crippen LogP contribution in [0.25, 0.3) is 0 Å². The van der Waals surface area contributed by atoms with Gasteiger partial charge in [0.2, 0.25) is 5.91 Å². The highest BCUT2D eigenvalue weighted by Crippen LogP contribution is 2.14. The SMILES string of the molecule is CN(CCc1ccccc1C(=O)O)C(=O)CC1CCNC1. The zero-order valence-electron chi connectivity index (χ0n) is 12.3. The van der Waals surface area contributed by atoms with Crippen molar-refractivity contribution in [1.29, 1.82) is 0 Å². The number of carbonyl (C=O) groups excluding carboxylic acids is 1. The van der Waals surface area contributed by atoms with Crippen molar-refractivity contribution in [2.75, 3.05) is 26.7 Å². The number of carboxylic acid groups (broad SMARTS) is 1. The highest BCUT2D eigenvalue weighted by atomic mass is 16.4. The number of hydrogen-bond acceptors (Lipinski definition) is 3. The minimum absolute atomic E-state index is 0.136. The molecule has 0 radical (unpaired) electrons. The maximum Gasteiger partial charge on any atom is 0.335 e. The van der Waals surface area contributed by atoms with Gasteiger partial charge in [-0.3, -0.25) is 4.79 Å². The Hall–Kier alpha value is -1.88. The van der Waals surface area contributed by atoms with Crippen LogP contribution in [0.15, 0.2) is 24.3 Å². The van der Waals surface area contributed by atoms with Gasteiger partial charge >= 0.3 is 5.97 Å². The molecule has 1 aliphatic heterocycles. The van der Waals surface area contributed by atoms with E-state index in [9.17, 15) is 9.59 Å². The molecular formula is C16H22N2O3. The van der Waals surface area contributed by atoms with Gasteiger partial charge in [0.1, 0.15) is 0 Å². The van der Waals surface area contributed by atoms with Gasteiger partial charge in [-0.2, -0.15) is 0 Å². The van der Waals surface area contributed by atoms with Gasteiger partial charge in [-0.05, 0) is 43.5 Å². The Bertz CT molecular complexity index is 510. The van der Waals surface area contributed by atoms with Crippen LogP contribution in [0.1, 0.15) is 28.8 Å². The van der Waals surface area contributed by atoms with Gasteiger partial charge < -0.3 is 15.3 Å². The zero-order valence-corrected chi connectivity index (χ0v) is 12.3. The summed E-state index contributed by atoms with van der Waals surface area (Å²) in [7, 11) is 1.79. The van der Waals surface area contributed by atoms with E-state index < -0.39 is 5.97 Å². The average Bonchev–Trinajstić information content (AvgIpc) is 2.97. The summed E-state index contributed by atoms with van der Waals surface area (Å²) in [6, 6.07) is 6.95. The lowest BCUT2D eigenvalue weighted by atomic mass is 10.0. The van der Waals surface area contributed by atoms with E-state index in [4.69, 9.17) is 5.11 Å². The maximum atomic E-state index is 12.1. The molecule has 5 heteroatoms. The van der Waals surface area contributed by atoms with Crippen molar-refractivity contribution in [2.24, 2.45) is 5.92 Å². The Kier molecular flexibility index (Phi) is 5.33. The van der Waals surface area contributed by atoms with E-state index in [2.05, 4.69) is 5.32 Å². The number of aromatic carboxylic acids is 1. The quantitative estimate of drug-likeness (QED) is 0.830. The van der Waals surface area contributed by atoms with E-state index in [1.807, 2.05) is 12.1 Å². The summed E-state index contributed by atoms with van der Waals surface area (Å²) < 4.78 is 0. The van der Waals surface area contributed by atoms with Gasteiger partial charge in [0.05, 0.1) is 5.56 Å². The summed E-state index contributed by atoms with van der Waals surface area (Å²) in [5.41, 5.74) is 1.09. The van der Waals surface area contributed by atoms with E-state index in [1.165, 1.54) is 0 Å². The Morgan fingerprint density at radius 2 is 2.14 bits per heavy atom. The topological polar surface area (TPSA) is 69.6 Å². The molecule has 1 atom stereocenters. The van der Waals surface area contributed by atoms with Crippen molar-refractivity contribution in [3.8, 4) is 0 Å². The fourth-order valence-electron chi connectivity index (χ4n) is 2.65. The molecule has 0 aromatic heterocycles. The molecule has 1 aromatic rings. The first kappa shape index (κ1) is 15.5. The van der Waals surface area contributed by atoms with Crippen LogP contribution in [0, 0.1) is 5.92 Å². The minimum Gasteiger partial charge on any atom is -0.478 e. The second-order valence-electron chi connectivity index (χ2n) is 5.59. The molecule has 1 aromatic carbocycles. The Morgan fingerprint density at radius 1 is 1.38 bits per heavy atom. The van der Waals surface area contributed by atoms with Crippen molar-refractivity contribution in [1.82, 2.24) is 10.2 Å². The number of amides is 1. The average molecular weight is 290 g/mol. The molecule has 1 unspecified atom stereocenters. The summed E-state index contributed by atoms with van der Waals surface area (Å²) in [4.78, 5) is 25.0. The van der Waals surface area contributed by atoms with E-state index in [-0.39, 0.29) is 5.91 Å². The van der Waals surface area contributed by atoms with Crippen LogP contribution >= 0.6 is 0 Å². The first-order chi connectivity index (χ1) is 10.1. The number of carboxylic acids is 1. The number of hydrogen-bond donors (Lipinski definition) is 2. The molecule has 21 heavy (non-hydrogen) atoms. The van der Waals surface area contributed by atoms with Gasteiger partial charge in [-0.1, -0.05) is 18.2 Å². The van der Waals surface area contributed by atoms with Crippen LogP contribution in [0.3, 0.4) is 0 Å². The van der Waals surface area contributed by atoms with Crippen molar-refractivity contribution in [3.63, 3.8) is 0 Å². The van der Waals surface area contributed by atoms with E-state index >= 15 is 0 Å². The largest absolute Gasteiger partial charge is 0.478 e. The number of rotatable bonds is 6. The van der Waals surface area contributed by atoms with Gasteiger partial charge in [0.15, 0.2) is 0 Å². The normalized spacial score (nSPS) is 17.7. The van der Waals surface area contributed by atoms with Gasteiger partial charge in [-0.15, -0.1) is 0 Å². The lowest BCUT2D eigenvalue weighted by Gasteiger charge is -2.19. The maximum absolute atomic E-state index is 12.1. The summed E-state index contributed by atoms with van der Waals surface area (Å²) in [5.74, 6) is -0.348. The first-order valence-electron chi connectivity index (χ1n) is 7.34. The number of benzene rings is 1. The smallest absolute Gasteiger partial charge is 0.335 e. The Morgan fingerprint density at radius 3 is 2.81 bits per heavy atom. The number of nitrogens with one attached hydrogen (secondary N) is 1. The molecule has 114 valence electrons. The van der Waals surface area contributed by atoms with Crippen molar-refractivity contribution >= 4 is 11.9 Å². The van der Waals surface area contributed by atoms with Crippen LogP contribution in [0.2, 0.25) is 0 Å².